The molecule has 0 saturated carbocycles. The zero-order valence-electron chi connectivity index (χ0n) is 13.0. The predicted octanol–water partition coefficient (Wildman–Crippen LogP) is 3.50. The molecule has 3 rings (SSSR count). The van der Waals surface area contributed by atoms with Gasteiger partial charge in [0.1, 0.15) is 16.5 Å². The minimum atomic E-state index is -0.605. The van der Waals surface area contributed by atoms with Gasteiger partial charge in [-0.05, 0) is 36.8 Å². The highest BCUT2D eigenvalue weighted by Crippen LogP contribution is 2.24. The lowest BCUT2D eigenvalue weighted by Crippen LogP contribution is -1.95. The molecule has 1 N–H and O–H groups in total. The Morgan fingerprint density at radius 1 is 1.33 bits per heavy atom. The lowest BCUT2D eigenvalue weighted by Gasteiger charge is -2.07. The quantitative estimate of drug-likeness (QED) is 0.437. The molecule has 3 aromatic rings. The maximum Gasteiger partial charge on any atom is 0.433 e. The van der Waals surface area contributed by atoms with Crippen molar-refractivity contribution in [1.29, 1.82) is 0 Å². The van der Waals surface area contributed by atoms with Crippen LogP contribution in [0.2, 0.25) is 0 Å². The summed E-state index contributed by atoms with van der Waals surface area (Å²) in [7, 11) is 1.60. The molecule has 0 aliphatic heterocycles. The molecule has 0 radical (unpaired) electrons. The monoisotopic (exact) mass is 326 g/mol. The molecule has 0 fully saturated rings. The number of nitro groups is 1. The van der Waals surface area contributed by atoms with E-state index in [-0.39, 0.29) is 11.6 Å². The number of rotatable bonds is 5. The van der Waals surface area contributed by atoms with Gasteiger partial charge in [0.25, 0.3) is 0 Å². The lowest BCUT2D eigenvalue weighted by atomic mass is 10.1. The van der Waals surface area contributed by atoms with E-state index in [0.717, 1.165) is 22.2 Å². The highest BCUT2D eigenvalue weighted by molar-refractivity contribution is 5.85. The molecule has 0 amide bonds. The normalized spacial score (nSPS) is 11.1. The fraction of sp³-hybridized carbons (Fsp3) is 0.125. The Hall–Kier alpha value is -3.42. The van der Waals surface area contributed by atoms with Gasteiger partial charge in [0.2, 0.25) is 0 Å². The van der Waals surface area contributed by atoms with E-state index in [1.807, 2.05) is 31.2 Å². The van der Waals surface area contributed by atoms with Crippen molar-refractivity contribution in [2.24, 2.45) is 5.10 Å². The molecule has 24 heavy (non-hydrogen) atoms. The van der Waals surface area contributed by atoms with E-state index in [2.05, 4.69) is 15.5 Å². The van der Waals surface area contributed by atoms with Crippen molar-refractivity contribution >= 4 is 28.8 Å². The number of hydrogen-bond acceptors (Lipinski definition) is 7. The number of hydrazone groups is 1. The molecule has 0 saturated heterocycles. The number of anilines is 1. The summed E-state index contributed by atoms with van der Waals surface area (Å²) in [5, 5.41) is 15.6. The number of nitrogens with one attached hydrogen (secondary N) is 1. The van der Waals surface area contributed by atoms with Crippen LogP contribution in [-0.2, 0) is 0 Å². The van der Waals surface area contributed by atoms with E-state index in [1.54, 1.807) is 7.11 Å². The summed E-state index contributed by atoms with van der Waals surface area (Å²) in [6.07, 6.45) is 1.35. The number of ether oxygens (including phenoxy) is 1. The maximum absolute atomic E-state index is 10.6. The Labute approximate surface area is 136 Å². The summed E-state index contributed by atoms with van der Waals surface area (Å²) < 4.78 is 10.2. The first-order valence-corrected chi connectivity index (χ1v) is 7.05. The van der Waals surface area contributed by atoms with Crippen LogP contribution in [0.3, 0.4) is 0 Å². The Morgan fingerprint density at radius 2 is 2.17 bits per heavy atom. The molecule has 122 valence electrons. The van der Waals surface area contributed by atoms with Crippen LogP contribution in [-0.4, -0.2) is 23.2 Å². The molecule has 0 unspecified atom stereocenters. The number of methoxy groups -OCH3 is 1. The van der Waals surface area contributed by atoms with Crippen molar-refractivity contribution in [2.75, 3.05) is 12.5 Å². The molecule has 0 aliphatic rings. The van der Waals surface area contributed by atoms with E-state index in [9.17, 15) is 10.1 Å². The predicted molar refractivity (Wildman–Crippen MR) is 89.6 cm³/mol. The van der Waals surface area contributed by atoms with Gasteiger partial charge in [-0.1, -0.05) is 0 Å². The summed E-state index contributed by atoms with van der Waals surface area (Å²) >= 11 is 0. The molecule has 1 aromatic carbocycles. The third-order valence-corrected chi connectivity index (χ3v) is 3.39. The second-order valence-corrected chi connectivity index (χ2v) is 5.01. The fourth-order valence-corrected chi connectivity index (χ4v) is 2.24. The van der Waals surface area contributed by atoms with Gasteiger partial charge in [0.15, 0.2) is 5.76 Å². The highest BCUT2D eigenvalue weighted by Gasteiger charge is 2.10. The Bertz CT molecular complexity index is 933. The van der Waals surface area contributed by atoms with E-state index in [4.69, 9.17) is 9.15 Å². The van der Waals surface area contributed by atoms with E-state index in [0.29, 0.717) is 5.82 Å². The number of fused-ring (bicyclic) bond motifs is 1. The van der Waals surface area contributed by atoms with Crippen LogP contribution in [0.1, 0.15) is 11.3 Å². The highest BCUT2D eigenvalue weighted by atomic mass is 16.6. The van der Waals surface area contributed by atoms with Crippen molar-refractivity contribution < 1.29 is 14.1 Å². The van der Waals surface area contributed by atoms with Crippen LogP contribution in [0, 0.1) is 17.0 Å². The molecule has 0 aliphatic carbocycles. The lowest BCUT2D eigenvalue weighted by molar-refractivity contribution is -0.402. The summed E-state index contributed by atoms with van der Waals surface area (Å²) in [5.74, 6) is 1.21. The van der Waals surface area contributed by atoms with Crippen molar-refractivity contribution in [3.05, 3.63) is 57.8 Å². The van der Waals surface area contributed by atoms with Gasteiger partial charge in [0.05, 0.1) is 24.9 Å². The van der Waals surface area contributed by atoms with Crippen molar-refractivity contribution in [1.82, 2.24) is 4.98 Å². The third kappa shape index (κ3) is 3.17. The number of benzene rings is 1. The molecule has 2 heterocycles. The average molecular weight is 326 g/mol. The summed E-state index contributed by atoms with van der Waals surface area (Å²) in [4.78, 5) is 14.4. The third-order valence-electron chi connectivity index (χ3n) is 3.39. The molecule has 0 bridgehead atoms. The minimum absolute atomic E-state index is 0.272. The second kappa shape index (κ2) is 6.37. The van der Waals surface area contributed by atoms with Crippen LogP contribution in [0.25, 0.3) is 10.9 Å². The molecular weight excluding hydrogens is 312 g/mol. The topological polar surface area (TPSA) is 103 Å². The van der Waals surface area contributed by atoms with Gasteiger partial charge in [0, 0.05) is 11.5 Å². The van der Waals surface area contributed by atoms with E-state index < -0.39 is 4.92 Å². The maximum atomic E-state index is 10.6. The summed E-state index contributed by atoms with van der Waals surface area (Å²) in [6.45, 7) is 1.97. The number of pyridine rings is 1. The Kier molecular flexibility index (Phi) is 4.11. The molecule has 0 atom stereocenters. The summed E-state index contributed by atoms with van der Waals surface area (Å²) in [6, 6.07) is 10.3. The standard InChI is InChI=1S/C16H14N4O4/c1-10-7-15(18-14-8-11(23-2)3-5-13(10)14)19-17-9-12-4-6-16(24-12)20(21)22/h3-9H,1-2H3,(H,18,19)/b17-9-. The number of nitrogens with zero attached hydrogens (tertiary/aromatic N) is 3. The van der Waals surface area contributed by atoms with Gasteiger partial charge in [-0.2, -0.15) is 5.10 Å². The molecule has 0 spiro atoms. The molecule has 8 nitrogen and oxygen atoms in total. The Morgan fingerprint density at radius 3 is 2.88 bits per heavy atom. The van der Waals surface area contributed by atoms with Gasteiger partial charge in [-0.15, -0.1) is 0 Å². The van der Waals surface area contributed by atoms with Crippen molar-refractivity contribution in [3.63, 3.8) is 0 Å². The van der Waals surface area contributed by atoms with E-state index in [1.165, 1.54) is 18.3 Å². The first kappa shape index (κ1) is 15.5. The van der Waals surface area contributed by atoms with E-state index >= 15 is 0 Å². The average Bonchev–Trinajstić information content (AvgIpc) is 3.03. The number of hydrogen-bond donors (Lipinski definition) is 1. The fourth-order valence-electron chi connectivity index (χ4n) is 2.24. The zero-order valence-corrected chi connectivity index (χ0v) is 13.0. The minimum Gasteiger partial charge on any atom is -0.497 e. The van der Waals surface area contributed by atoms with Crippen molar-refractivity contribution in [2.45, 2.75) is 6.92 Å². The molecule has 2 aromatic heterocycles. The van der Waals surface area contributed by atoms with Crippen LogP contribution in [0.5, 0.6) is 5.75 Å². The smallest absolute Gasteiger partial charge is 0.433 e. The first-order valence-electron chi connectivity index (χ1n) is 7.05. The van der Waals surface area contributed by atoms with Crippen molar-refractivity contribution in [3.8, 4) is 5.75 Å². The number of furan rings is 1. The SMILES string of the molecule is COc1ccc2c(C)cc(N/N=C\c3ccc([N+](=O)[O-])o3)nc2c1. The first-order chi connectivity index (χ1) is 11.6. The van der Waals surface area contributed by atoms with Crippen LogP contribution >= 0.6 is 0 Å². The second-order valence-electron chi connectivity index (χ2n) is 5.01. The number of aryl methyl sites for hydroxylation is 1. The molecule has 8 heteroatoms. The van der Waals surface area contributed by atoms with Gasteiger partial charge >= 0.3 is 5.88 Å². The molecular formula is C16H14N4O4. The van der Waals surface area contributed by atoms with Gasteiger partial charge < -0.3 is 9.15 Å². The van der Waals surface area contributed by atoms with Gasteiger partial charge in [-0.3, -0.25) is 15.5 Å². The zero-order chi connectivity index (χ0) is 17.1. The number of aromatic nitrogens is 1. The van der Waals surface area contributed by atoms with Crippen LogP contribution in [0.4, 0.5) is 11.7 Å². The van der Waals surface area contributed by atoms with Gasteiger partial charge in [-0.25, -0.2) is 4.98 Å². The van der Waals surface area contributed by atoms with Crippen LogP contribution < -0.4 is 10.2 Å². The summed E-state index contributed by atoms with van der Waals surface area (Å²) in [5.41, 5.74) is 4.60. The largest absolute Gasteiger partial charge is 0.497 e. The Balaban J connectivity index is 1.81. The van der Waals surface area contributed by atoms with Crippen LogP contribution in [0.15, 0.2) is 45.9 Å².